The number of ketones is 1. The number of ether oxygens (including phenoxy) is 1. The Hall–Kier alpha value is -1.75. The molecule has 21 heavy (non-hydrogen) atoms. The molecule has 0 spiro atoms. The van der Waals surface area contributed by atoms with Crippen molar-refractivity contribution in [1.29, 1.82) is 0 Å². The number of Topliss-reactive ketones (excluding diaryl/α,β-unsaturated/α-hetero) is 1. The minimum atomic E-state index is -0.372. The largest absolute Gasteiger partial charge is 0.381 e. The fourth-order valence-electron chi connectivity index (χ4n) is 2.50. The molecule has 5 heteroatoms. The van der Waals surface area contributed by atoms with Gasteiger partial charge in [0.1, 0.15) is 5.82 Å². The van der Waals surface area contributed by atoms with E-state index in [2.05, 4.69) is 0 Å². The molecule has 1 aliphatic rings. The first-order chi connectivity index (χ1) is 10.1. The summed E-state index contributed by atoms with van der Waals surface area (Å²) in [5.41, 5.74) is 0.447. The number of nitrogens with zero attached hydrogens (tertiary/aromatic N) is 1. The van der Waals surface area contributed by atoms with Gasteiger partial charge < -0.3 is 9.64 Å². The first-order valence-electron chi connectivity index (χ1n) is 7.19. The van der Waals surface area contributed by atoms with E-state index < -0.39 is 0 Å². The summed E-state index contributed by atoms with van der Waals surface area (Å²) in [6.07, 6.45) is 2.28. The maximum atomic E-state index is 12.8. The molecule has 114 valence electrons. The average Bonchev–Trinajstić information content (AvgIpc) is 2.53. The van der Waals surface area contributed by atoms with Gasteiger partial charge in [0, 0.05) is 38.6 Å². The molecule has 0 unspecified atom stereocenters. The Morgan fingerprint density at radius 1 is 1.19 bits per heavy atom. The van der Waals surface area contributed by atoms with Crippen LogP contribution in [0.3, 0.4) is 0 Å². The summed E-state index contributed by atoms with van der Waals surface area (Å²) < 4.78 is 18.0. The summed E-state index contributed by atoms with van der Waals surface area (Å²) in [5, 5.41) is 0. The van der Waals surface area contributed by atoms with Crippen molar-refractivity contribution in [3.05, 3.63) is 35.6 Å². The highest BCUT2D eigenvalue weighted by Crippen LogP contribution is 2.15. The van der Waals surface area contributed by atoms with Gasteiger partial charge in [-0.3, -0.25) is 9.59 Å². The lowest BCUT2D eigenvalue weighted by atomic mass is 10.0. The molecule has 0 saturated carbocycles. The molecule has 1 aromatic carbocycles. The first-order valence-corrected chi connectivity index (χ1v) is 7.19. The Morgan fingerprint density at radius 2 is 1.81 bits per heavy atom. The van der Waals surface area contributed by atoms with Crippen LogP contribution < -0.4 is 0 Å². The Kier molecular flexibility index (Phi) is 5.44. The molecule has 0 aromatic heterocycles. The number of likely N-dealkylation sites (tertiary alicyclic amines) is 1. The van der Waals surface area contributed by atoms with Gasteiger partial charge in [0.05, 0.1) is 6.10 Å². The third kappa shape index (κ3) is 4.36. The second-order valence-corrected chi connectivity index (χ2v) is 5.25. The molecule has 0 aliphatic carbocycles. The van der Waals surface area contributed by atoms with Gasteiger partial charge in [-0.2, -0.15) is 0 Å². The van der Waals surface area contributed by atoms with Crippen LogP contribution in [0.1, 0.15) is 36.0 Å². The second kappa shape index (κ2) is 7.31. The lowest BCUT2D eigenvalue weighted by molar-refractivity contribution is -0.133. The molecule has 0 atom stereocenters. The minimum Gasteiger partial charge on any atom is -0.381 e. The van der Waals surface area contributed by atoms with Gasteiger partial charge >= 0.3 is 0 Å². The number of halogens is 1. The predicted octanol–water partition coefficient (Wildman–Crippen LogP) is 2.43. The molecule has 1 saturated heterocycles. The summed E-state index contributed by atoms with van der Waals surface area (Å²) >= 11 is 0. The molecule has 0 N–H and O–H groups in total. The van der Waals surface area contributed by atoms with E-state index in [4.69, 9.17) is 4.74 Å². The maximum absolute atomic E-state index is 12.8. The highest BCUT2D eigenvalue weighted by atomic mass is 19.1. The third-order valence-electron chi connectivity index (χ3n) is 3.86. The minimum absolute atomic E-state index is 0.0000136. The number of carbonyl (C=O) groups is 2. The van der Waals surface area contributed by atoms with Crippen LogP contribution in [0.5, 0.6) is 0 Å². The van der Waals surface area contributed by atoms with Crippen LogP contribution in [0.25, 0.3) is 0 Å². The molecule has 4 nitrogen and oxygen atoms in total. The predicted molar refractivity (Wildman–Crippen MR) is 76.6 cm³/mol. The number of carbonyl (C=O) groups excluding carboxylic acids is 2. The standard InChI is InChI=1S/C16H20FNO3/c1-21-14-8-10-18(11-9-14)16(20)7-6-15(19)12-2-4-13(17)5-3-12/h2-5,14H,6-11H2,1H3. The van der Waals surface area contributed by atoms with Gasteiger partial charge in [-0.05, 0) is 37.1 Å². The fraction of sp³-hybridized carbons (Fsp3) is 0.500. The number of benzene rings is 1. The number of hydrogen-bond acceptors (Lipinski definition) is 3. The highest BCUT2D eigenvalue weighted by Gasteiger charge is 2.22. The van der Waals surface area contributed by atoms with Crippen molar-refractivity contribution in [2.24, 2.45) is 0 Å². The van der Waals surface area contributed by atoms with Crippen molar-refractivity contribution in [3.63, 3.8) is 0 Å². The van der Waals surface area contributed by atoms with E-state index in [-0.39, 0.29) is 36.5 Å². The zero-order valence-electron chi connectivity index (χ0n) is 12.2. The molecule has 1 aliphatic heterocycles. The molecule has 1 amide bonds. The first kappa shape index (κ1) is 15.6. The Bertz CT molecular complexity index is 493. The van der Waals surface area contributed by atoms with E-state index in [1.807, 2.05) is 0 Å². The lowest BCUT2D eigenvalue weighted by Gasteiger charge is -2.31. The Morgan fingerprint density at radius 3 is 2.38 bits per heavy atom. The molecule has 1 fully saturated rings. The number of piperidine rings is 1. The van der Waals surface area contributed by atoms with Gasteiger partial charge in [-0.1, -0.05) is 0 Å². The van der Waals surface area contributed by atoms with E-state index in [0.717, 1.165) is 12.8 Å². The zero-order chi connectivity index (χ0) is 15.2. The van der Waals surface area contributed by atoms with Crippen LogP contribution >= 0.6 is 0 Å². The van der Waals surface area contributed by atoms with Crippen LogP contribution in [-0.4, -0.2) is 42.9 Å². The van der Waals surface area contributed by atoms with Crippen LogP contribution in [0.2, 0.25) is 0 Å². The van der Waals surface area contributed by atoms with Gasteiger partial charge in [-0.15, -0.1) is 0 Å². The highest BCUT2D eigenvalue weighted by molar-refractivity contribution is 5.97. The quantitative estimate of drug-likeness (QED) is 0.783. The second-order valence-electron chi connectivity index (χ2n) is 5.25. The Labute approximate surface area is 123 Å². The smallest absolute Gasteiger partial charge is 0.223 e. The number of methoxy groups -OCH3 is 1. The van der Waals surface area contributed by atoms with Crippen molar-refractivity contribution >= 4 is 11.7 Å². The van der Waals surface area contributed by atoms with Gasteiger partial charge in [0.2, 0.25) is 5.91 Å². The summed E-state index contributed by atoms with van der Waals surface area (Å²) in [7, 11) is 1.68. The van der Waals surface area contributed by atoms with Crippen LogP contribution in [0.15, 0.2) is 24.3 Å². The van der Waals surface area contributed by atoms with E-state index >= 15 is 0 Å². The van der Waals surface area contributed by atoms with Gasteiger partial charge in [0.25, 0.3) is 0 Å². The van der Waals surface area contributed by atoms with Crippen LogP contribution in [0, 0.1) is 5.82 Å². The van der Waals surface area contributed by atoms with Crippen LogP contribution in [-0.2, 0) is 9.53 Å². The average molecular weight is 293 g/mol. The maximum Gasteiger partial charge on any atom is 0.223 e. The summed E-state index contributed by atoms with van der Waals surface area (Å²) in [5.74, 6) is -0.501. The molecule has 0 radical (unpaired) electrons. The zero-order valence-corrected chi connectivity index (χ0v) is 12.2. The lowest BCUT2D eigenvalue weighted by Crippen LogP contribution is -2.40. The molecule has 1 aromatic rings. The number of rotatable bonds is 5. The van der Waals surface area contributed by atoms with Gasteiger partial charge in [-0.25, -0.2) is 4.39 Å². The normalized spacial score (nSPS) is 16.0. The SMILES string of the molecule is COC1CCN(C(=O)CCC(=O)c2ccc(F)cc2)CC1. The monoisotopic (exact) mass is 293 g/mol. The van der Waals surface area contributed by atoms with Crippen LogP contribution in [0.4, 0.5) is 4.39 Å². The third-order valence-corrected chi connectivity index (χ3v) is 3.86. The molecule has 2 rings (SSSR count). The molecular weight excluding hydrogens is 273 g/mol. The summed E-state index contributed by atoms with van der Waals surface area (Å²) in [6.45, 7) is 1.37. The van der Waals surface area contributed by atoms with Crippen molar-refractivity contribution in [2.75, 3.05) is 20.2 Å². The number of amides is 1. The van der Waals surface area contributed by atoms with Crippen molar-refractivity contribution < 1.29 is 18.7 Å². The van der Waals surface area contributed by atoms with E-state index in [0.29, 0.717) is 18.7 Å². The summed E-state index contributed by atoms with van der Waals surface area (Å²) in [4.78, 5) is 25.8. The van der Waals surface area contributed by atoms with E-state index in [1.165, 1.54) is 24.3 Å². The fourth-order valence-corrected chi connectivity index (χ4v) is 2.50. The van der Waals surface area contributed by atoms with Crippen molar-refractivity contribution in [1.82, 2.24) is 4.90 Å². The van der Waals surface area contributed by atoms with E-state index in [9.17, 15) is 14.0 Å². The Balaban J connectivity index is 1.78. The number of hydrogen-bond donors (Lipinski definition) is 0. The molecular formula is C16H20FNO3. The topological polar surface area (TPSA) is 46.6 Å². The molecule has 1 heterocycles. The molecule has 0 bridgehead atoms. The summed E-state index contributed by atoms with van der Waals surface area (Å²) in [6, 6.07) is 5.41. The van der Waals surface area contributed by atoms with Gasteiger partial charge in [0.15, 0.2) is 5.78 Å². The van der Waals surface area contributed by atoms with Crippen molar-refractivity contribution in [3.8, 4) is 0 Å². The van der Waals surface area contributed by atoms with E-state index in [1.54, 1.807) is 12.0 Å². The van der Waals surface area contributed by atoms with Crippen molar-refractivity contribution in [2.45, 2.75) is 31.8 Å².